The van der Waals surface area contributed by atoms with Gasteiger partial charge in [0.25, 0.3) is 0 Å². The standard InChI is InChI=1S/C13H18N2O3/c1-15(11-5-3-4-6-12(11)17-2)13(16)10-9-18-8-7-14-10/h3-6,10,14H,7-9H2,1-2H3. The Hall–Kier alpha value is -1.59. The van der Waals surface area contributed by atoms with Gasteiger partial charge < -0.3 is 19.7 Å². The van der Waals surface area contributed by atoms with E-state index in [0.717, 1.165) is 5.69 Å². The Bertz CT molecular complexity index is 416. The van der Waals surface area contributed by atoms with E-state index in [0.29, 0.717) is 25.5 Å². The second-order valence-corrected chi connectivity index (χ2v) is 4.15. The summed E-state index contributed by atoms with van der Waals surface area (Å²) >= 11 is 0. The average Bonchev–Trinajstić information content (AvgIpc) is 2.46. The van der Waals surface area contributed by atoms with Crippen LogP contribution in [0.1, 0.15) is 0 Å². The molecule has 0 spiro atoms. The first-order chi connectivity index (χ1) is 8.74. The van der Waals surface area contributed by atoms with Crippen molar-refractivity contribution in [1.29, 1.82) is 0 Å². The SMILES string of the molecule is COc1ccccc1N(C)C(=O)C1COCCN1. The molecule has 0 bridgehead atoms. The molecule has 0 saturated carbocycles. The van der Waals surface area contributed by atoms with Gasteiger partial charge >= 0.3 is 0 Å². The Kier molecular flexibility index (Phi) is 4.17. The summed E-state index contributed by atoms with van der Waals surface area (Å²) in [4.78, 5) is 13.9. The van der Waals surface area contributed by atoms with Crippen molar-refractivity contribution in [2.24, 2.45) is 0 Å². The zero-order chi connectivity index (χ0) is 13.0. The summed E-state index contributed by atoms with van der Waals surface area (Å²) in [6, 6.07) is 7.17. The van der Waals surface area contributed by atoms with Crippen LogP contribution in [0.4, 0.5) is 5.69 Å². The van der Waals surface area contributed by atoms with Crippen molar-refractivity contribution in [3.05, 3.63) is 24.3 Å². The third kappa shape index (κ3) is 2.63. The highest BCUT2D eigenvalue weighted by Gasteiger charge is 2.26. The summed E-state index contributed by atoms with van der Waals surface area (Å²) in [6.07, 6.45) is 0. The van der Waals surface area contributed by atoms with Crippen LogP contribution in [0.2, 0.25) is 0 Å². The molecule has 1 aliphatic heterocycles. The maximum Gasteiger partial charge on any atom is 0.246 e. The number of benzene rings is 1. The van der Waals surface area contributed by atoms with Gasteiger partial charge in [-0.05, 0) is 12.1 Å². The zero-order valence-corrected chi connectivity index (χ0v) is 10.7. The van der Waals surface area contributed by atoms with Gasteiger partial charge in [0.05, 0.1) is 26.0 Å². The summed E-state index contributed by atoms with van der Waals surface area (Å²) in [6.45, 7) is 1.77. The molecule has 1 aromatic rings. The number of hydrogen-bond acceptors (Lipinski definition) is 4. The van der Waals surface area contributed by atoms with Crippen molar-refractivity contribution in [2.45, 2.75) is 6.04 Å². The van der Waals surface area contributed by atoms with E-state index in [4.69, 9.17) is 9.47 Å². The van der Waals surface area contributed by atoms with Crippen LogP contribution < -0.4 is 15.0 Å². The summed E-state index contributed by atoms with van der Waals surface area (Å²) in [7, 11) is 3.34. The predicted molar refractivity (Wildman–Crippen MR) is 69.0 cm³/mol. The summed E-state index contributed by atoms with van der Waals surface area (Å²) in [5.74, 6) is 0.671. The topological polar surface area (TPSA) is 50.8 Å². The van der Waals surface area contributed by atoms with Crippen LogP contribution in [0.5, 0.6) is 5.75 Å². The predicted octanol–water partition coefficient (Wildman–Crippen LogP) is 0.646. The van der Waals surface area contributed by atoms with Gasteiger partial charge in [-0.1, -0.05) is 12.1 Å². The molecule has 1 atom stereocenters. The first-order valence-corrected chi connectivity index (χ1v) is 5.95. The lowest BCUT2D eigenvalue weighted by molar-refractivity contribution is -0.123. The maximum absolute atomic E-state index is 12.3. The molecule has 98 valence electrons. The number of para-hydroxylation sites is 2. The van der Waals surface area contributed by atoms with Crippen molar-refractivity contribution in [1.82, 2.24) is 5.32 Å². The van der Waals surface area contributed by atoms with Crippen LogP contribution in [0.3, 0.4) is 0 Å². The number of amides is 1. The highest BCUT2D eigenvalue weighted by molar-refractivity contribution is 5.98. The third-order valence-corrected chi connectivity index (χ3v) is 3.00. The van der Waals surface area contributed by atoms with E-state index in [1.165, 1.54) is 0 Å². The molecule has 1 aliphatic rings. The van der Waals surface area contributed by atoms with Gasteiger partial charge in [0.2, 0.25) is 5.91 Å². The Morgan fingerprint density at radius 3 is 2.94 bits per heavy atom. The highest BCUT2D eigenvalue weighted by atomic mass is 16.5. The van der Waals surface area contributed by atoms with Gasteiger partial charge in [0.15, 0.2) is 0 Å². The molecule has 1 aromatic carbocycles. The number of morpholine rings is 1. The van der Waals surface area contributed by atoms with E-state index in [2.05, 4.69) is 5.32 Å². The van der Waals surface area contributed by atoms with Crippen LogP contribution in [0.15, 0.2) is 24.3 Å². The lowest BCUT2D eigenvalue weighted by Crippen LogP contribution is -2.51. The van der Waals surface area contributed by atoms with E-state index < -0.39 is 0 Å². The Morgan fingerprint density at radius 1 is 1.50 bits per heavy atom. The van der Waals surface area contributed by atoms with Crippen LogP contribution in [0, 0.1) is 0 Å². The molecule has 1 fully saturated rings. The first-order valence-electron chi connectivity index (χ1n) is 5.95. The first kappa shape index (κ1) is 12.9. The Morgan fingerprint density at radius 2 is 2.28 bits per heavy atom. The third-order valence-electron chi connectivity index (χ3n) is 3.00. The van der Waals surface area contributed by atoms with E-state index in [-0.39, 0.29) is 11.9 Å². The molecule has 1 N–H and O–H groups in total. The molecule has 2 rings (SSSR count). The summed E-state index contributed by atoms with van der Waals surface area (Å²) in [5, 5.41) is 3.15. The van der Waals surface area contributed by atoms with Gasteiger partial charge in [-0.3, -0.25) is 4.79 Å². The van der Waals surface area contributed by atoms with Crippen molar-refractivity contribution >= 4 is 11.6 Å². The fraction of sp³-hybridized carbons (Fsp3) is 0.462. The van der Waals surface area contributed by atoms with Crippen LogP contribution >= 0.6 is 0 Å². The van der Waals surface area contributed by atoms with Gasteiger partial charge in [0, 0.05) is 13.6 Å². The van der Waals surface area contributed by atoms with Crippen molar-refractivity contribution in [3.8, 4) is 5.75 Å². The normalized spacial score (nSPS) is 19.3. The molecule has 5 nitrogen and oxygen atoms in total. The fourth-order valence-corrected chi connectivity index (χ4v) is 1.98. The summed E-state index contributed by atoms with van der Waals surface area (Å²) in [5.41, 5.74) is 0.761. The minimum Gasteiger partial charge on any atom is -0.495 e. The molecule has 1 saturated heterocycles. The van der Waals surface area contributed by atoms with Crippen molar-refractivity contribution in [3.63, 3.8) is 0 Å². The number of ether oxygens (including phenoxy) is 2. The van der Waals surface area contributed by atoms with Crippen LogP contribution in [-0.2, 0) is 9.53 Å². The molecule has 1 amide bonds. The van der Waals surface area contributed by atoms with Crippen molar-refractivity contribution in [2.75, 3.05) is 38.8 Å². The van der Waals surface area contributed by atoms with Gasteiger partial charge in [-0.25, -0.2) is 0 Å². The average molecular weight is 250 g/mol. The number of nitrogens with zero attached hydrogens (tertiary/aromatic N) is 1. The number of carbonyl (C=O) groups is 1. The van der Waals surface area contributed by atoms with Gasteiger partial charge in [-0.15, -0.1) is 0 Å². The van der Waals surface area contributed by atoms with E-state index >= 15 is 0 Å². The van der Waals surface area contributed by atoms with E-state index in [1.807, 2.05) is 24.3 Å². The number of rotatable bonds is 3. The molecular weight excluding hydrogens is 232 g/mol. The quantitative estimate of drug-likeness (QED) is 0.855. The van der Waals surface area contributed by atoms with Crippen LogP contribution in [0.25, 0.3) is 0 Å². The monoisotopic (exact) mass is 250 g/mol. The van der Waals surface area contributed by atoms with Crippen molar-refractivity contribution < 1.29 is 14.3 Å². The van der Waals surface area contributed by atoms with E-state index in [9.17, 15) is 4.79 Å². The molecular formula is C13H18N2O3. The number of methoxy groups -OCH3 is 1. The number of carbonyl (C=O) groups excluding carboxylic acids is 1. The zero-order valence-electron chi connectivity index (χ0n) is 10.7. The molecule has 0 aromatic heterocycles. The maximum atomic E-state index is 12.3. The molecule has 5 heteroatoms. The second kappa shape index (κ2) is 5.84. The fourth-order valence-electron chi connectivity index (χ4n) is 1.98. The number of anilines is 1. The number of hydrogen-bond donors (Lipinski definition) is 1. The lowest BCUT2D eigenvalue weighted by Gasteiger charge is -2.28. The summed E-state index contributed by atoms with van der Waals surface area (Å²) < 4.78 is 10.6. The molecule has 1 unspecified atom stereocenters. The number of nitrogens with one attached hydrogen (secondary N) is 1. The number of likely N-dealkylation sites (N-methyl/N-ethyl adjacent to an activating group) is 1. The highest BCUT2D eigenvalue weighted by Crippen LogP contribution is 2.27. The van der Waals surface area contributed by atoms with Gasteiger partial charge in [0.1, 0.15) is 11.8 Å². The Labute approximate surface area is 107 Å². The molecule has 0 aliphatic carbocycles. The lowest BCUT2D eigenvalue weighted by atomic mass is 10.2. The molecule has 0 radical (unpaired) electrons. The van der Waals surface area contributed by atoms with E-state index in [1.54, 1.807) is 19.1 Å². The molecule has 18 heavy (non-hydrogen) atoms. The Balaban J connectivity index is 2.14. The second-order valence-electron chi connectivity index (χ2n) is 4.15. The van der Waals surface area contributed by atoms with Crippen LogP contribution in [-0.4, -0.2) is 45.9 Å². The minimum atomic E-state index is -0.284. The minimum absolute atomic E-state index is 0.0146. The largest absolute Gasteiger partial charge is 0.495 e. The van der Waals surface area contributed by atoms with Gasteiger partial charge in [-0.2, -0.15) is 0 Å². The molecule has 1 heterocycles. The smallest absolute Gasteiger partial charge is 0.246 e.